The van der Waals surface area contributed by atoms with E-state index in [2.05, 4.69) is 34.1 Å². The number of amides is 1. The van der Waals surface area contributed by atoms with Gasteiger partial charge in [0, 0.05) is 46.8 Å². The summed E-state index contributed by atoms with van der Waals surface area (Å²) in [6.45, 7) is 5.08. The van der Waals surface area contributed by atoms with Crippen molar-refractivity contribution < 1.29 is 9.53 Å². The lowest BCUT2D eigenvalue weighted by Crippen LogP contribution is -2.54. The summed E-state index contributed by atoms with van der Waals surface area (Å²) in [5.41, 5.74) is 2.18. The van der Waals surface area contributed by atoms with Gasteiger partial charge < -0.3 is 9.64 Å². The molecule has 1 fully saturated rings. The predicted octanol–water partition coefficient (Wildman–Crippen LogP) is 3.69. The first kappa shape index (κ1) is 27.7. The Hall–Kier alpha value is -1.34. The number of alkyl halides is 1. The Balaban J connectivity index is 0.00000240. The lowest BCUT2D eigenvalue weighted by Gasteiger charge is -2.44. The molecule has 1 aliphatic rings. The molecule has 0 aromatic heterocycles. The molecule has 0 aliphatic carbocycles. The van der Waals surface area contributed by atoms with E-state index in [1.54, 1.807) is 19.0 Å². The average molecular weight is 489 g/mol. The van der Waals surface area contributed by atoms with Crippen molar-refractivity contribution in [1.82, 2.24) is 14.7 Å². The summed E-state index contributed by atoms with van der Waals surface area (Å²) in [5.74, 6) is -0.00698. The van der Waals surface area contributed by atoms with Crippen LogP contribution in [0.2, 0.25) is 0 Å². The summed E-state index contributed by atoms with van der Waals surface area (Å²) in [5, 5.41) is 0. The lowest BCUT2D eigenvalue weighted by molar-refractivity contribution is -0.133. The molecule has 0 bridgehead atoms. The fourth-order valence-corrected chi connectivity index (χ4v) is 4.03. The number of ether oxygens (including phenoxy) is 1. The van der Waals surface area contributed by atoms with Crippen LogP contribution in [0.25, 0.3) is 0 Å². The van der Waals surface area contributed by atoms with Crippen LogP contribution in [0, 0.1) is 0 Å². The number of rotatable bonds is 8. The highest BCUT2D eigenvalue weighted by atomic mass is 35.5. The molecule has 1 amide bonds. The fraction of sp³-hybridized carbons (Fsp3) is 0.435. The van der Waals surface area contributed by atoms with Crippen molar-refractivity contribution in [3.8, 4) is 0 Å². The van der Waals surface area contributed by atoms with Crippen LogP contribution in [0.3, 0.4) is 0 Å². The number of benzene rings is 2. The summed E-state index contributed by atoms with van der Waals surface area (Å²) >= 11 is 7.35. The average Bonchev–Trinajstić information content (AvgIpc) is 2.77. The zero-order valence-corrected chi connectivity index (χ0v) is 20.5. The van der Waals surface area contributed by atoms with Crippen molar-refractivity contribution in [3.05, 3.63) is 71.8 Å². The summed E-state index contributed by atoms with van der Waals surface area (Å²) in [6, 6.07) is 20.6. The molecular weight excluding hydrogens is 457 g/mol. The third-order valence-corrected chi connectivity index (χ3v) is 6.07. The van der Waals surface area contributed by atoms with E-state index in [1.165, 1.54) is 0 Å². The van der Waals surface area contributed by atoms with E-state index in [1.807, 2.05) is 36.4 Å². The maximum absolute atomic E-state index is 11.6. The van der Waals surface area contributed by atoms with E-state index in [9.17, 15) is 4.79 Å². The molecule has 5 nitrogen and oxygen atoms in total. The second kappa shape index (κ2) is 13.3. The molecule has 8 heteroatoms. The monoisotopic (exact) mass is 487 g/mol. The Bertz CT molecular complexity index is 731. The molecule has 2 aromatic rings. The zero-order valence-electron chi connectivity index (χ0n) is 18.1. The quantitative estimate of drug-likeness (QED) is 0.323. The van der Waals surface area contributed by atoms with Crippen molar-refractivity contribution >= 4 is 42.3 Å². The maximum atomic E-state index is 11.6. The summed E-state index contributed by atoms with van der Waals surface area (Å²) in [7, 11) is 3.48. The Morgan fingerprint density at radius 3 is 1.87 bits per heavy atom. The number of nitrogens with zero attached hydrogens (tertiary/aromatic N) is 3. The Kier molecular flexibility index (Phi) is 11.8. The first-order valence-corrected chi connectivity index (χ1v) is 10.4. The van der Waals surface area contributed by atoms with E-state index < -0.39 is 5.00 Å². The van der Waals surface area contributed by atoms with Crippen LogP contribution in [-0.2, 0) is 14.5 Å². The van der Waals surface area contributed by atoms with Crippen LogP contribution in [0.15, 0.2) is 60.7 Å². The van der Waals surface area contributed by atoms with Gasteiger partial charge in [0.2, 0.25) is 5.91 Å². The van der Waals surface area contributed by atoms with E-state index in [-0.39, 0.29) is 37.3 Å². The van der Waals surface area contributed by atoms with Gasteiger partial charge in [-0.3, -0.25) is 14.6 Å². The van der Waals surface area contributed by atoms with Crippen molar-refractivity contribution in [1.29, 1.82) is 0 Å². The number of hydrogen-bond donors (Lipinski definition) is 0. The van der Waals surface area contributed by atoms with Crippen molar-refractivity contribution in [2.75, 3.05) is 60.0 Å². The van der Waals surface area contributed by atoms with Gasteiger partial charge in [0.1, 0.15) is 11.6 Å². The molecule has 0 N–H and O–H groups in total. The van der Waals surface area contributed by atoms with E-state index >= 15 is 0 Å². The van der Waals surface area contributed by atoms with Crippen molar-refractivity contribution in [2.45, 2.75) is 5.00 Å². The number of halogens is 3. The molecule has 1 aliphatic heterocycles. The second-order valence-electron chi connectivity index (χ2n) is 7.52. The first-order valence-electron chi connectivity index (χ1n) is 10.1. The molecule has 0 atom stereocenters. The minimum Gasteiger partial charge on any atom is -0.370 e. The SMILES string of the molecule is CN(C)C(=O)COCCN1CCN(C(Cl)(c2ccccc2)c2ccccc2)CC1.Cl.Cl. The van der Waals surface area contributed by atoms with Crippen LogP contribution in [0.1, 0.15) is 11.1 Å². The van der Waals surface area contributed by atoms with E-state index in [0.717, 1.165) is 43.9 Å². The first-order chi connectivity index (χ1) is 14.0. The van der Waals surface area contributed by atoms with Crippen molar-refractivity contribution in [3.63, 3.8) is 0 Å². The topological polar surface area (TPSA) is 36.0 Å². The number of piperazine rings is 1. The molecule has 3 rings (SSSR count). The largest absolute Gasteiger partial charge is 0.370 e. The van der Waals surface area contributed by atoms with Crippen molar-refractivity contribution in [2.24, 2.45) is 0 Å². The maximum Gasteiger partial charge on any atom is 0.248 e. The Labute approximate surface area is 203 Å². The molecule has 1 heterocycles. The minimum absolute atomic E-state index is 0. The van der Waals surface area contributed by atoms with Crippen LogP contribution >= 0.6 is 36.4 Å². The van der Waals surface area contributed by atoms with E-state index in [0.29, 0.717) is 6.61 Å². The number of likely N-dealkylation sites (N-methyl/N-ethyl adjacent to an activating group) is 1. The fourth-order valence-electron chi connectivity index (χ4n) is 3.61. The predicted molar refractivity (Wildman–Crippen MR) is 132 cm³/mol. The lowest BCUT2D eigenvalue weighted by atomic mass is 9.95. The molecule has 0 spiro atoms. The van der Waals surface area contributed by atoms with Gasteiger partial charge in [-0.25, -0.2) is 0 Å². The van der Waals surface area contributed by atoms with Crippen LogP contribution < -0.4 is 0 Å². The van der Waals surface area contributed by atoms with Gasteiger partial charge >= 0.3 is 0 Å². The smallest absolute Gasteiger partial charge is 0.248 e. The summed E-state index contributed by atoms with van der Waals surface area (Å²) in [6.07, 6.45) is 0. The number of carbonyl (C=O) groups excluding carboxylic acids is 1. The highest BCUT2D eigenvalue weighted by Gasteiger charge is 2.39. The molecule has 1 saturated heterocycles. The highest BCUT2D eigenvalue weighted by molar-refractivity contribution is 6.25. The molecule has 0 saturated carbocycles. The van der Waals surface area contributed by atoms with Gasteiger partial charge in [0.15, 0.2) is 0 Å². The highest BCUT2D eigenvalue weighted by Crippen LogP contribution is 2.40. The summed E-state index contributed by atoms with van der Waals surface area (Å²) < 4.78 is 5.52. The standard InChI is InChI=1S/C23H30ClN3O2.2ClH/c1-25(2)22(28)19-29-18-17-26-13-15-27(16-14-26)23(24,20-9-5-3-6-10-20)21-11-7-4-8-12-21;;/h3-12H,13-19H2,1-2H3;2*1H. The van der Waals surface area contributed by atoms with E-state index in [4.69, 9.17) is 16.3 Å². The minimum atomic E-state index is -0.677. The molecule has 31 heavy (non-hydrogen) atoms. The van der Waals surface area contributed by atoms with Gasteiger partial charge in [0.25, 0.3) is 0 Å². The number of carbonyl (C=O) groups is 1. The Morgan fingerprint density at radius 2 is 1.42 bits per heavy atom. The normalized spacial score (nSPS) is 14.9. The molecule has 0 unspecified atom stereocenters. The van der Waals surface area contributed by atoms with Gasteiger partial charge in [0.05, 0.1) is 6.61 Å². The zero-order chi connectivity index (χ0) is 20.7. The van der Waals surface area contributed by atoms with Crippen LogP contribution in [-0.4, -0.2) is 80.6 Å². The second-order valence-corrected chi connectivity index (χ2v) is 8.07. The molecular formula is C23H32Cl3N3O2. The van der Waals surface area contributed by atoms with Gasteiger partial charge in [-0.15, -0.1) is 24.8 Å². The van der Waals surface area contributed by atoms with Crippen LogP contribution in [0.5, 0.6) is 0 Å². The Morgan fingerprint density at radius 1 is 0.935 bits per heavy atom. The molecule has 0 radical (unpaired) electrons. The number of hydrogen-bond acceptors (Lipinski definition) is 4. The third-order valence-electron chi connectivity index (χ3n) is 5.40. The molecule has 172 valence electrons. The third kappa shape index (κ3) is 7.07. The van der Waals surface area contributed by atoms with Gasteiger partial charge in [-0.1, -0.05) is 72.3 Å². The molecule has 2 aromatic carbocycles. The van der Waals surface area contributed by atoms with Crippen LogP contribution in [0.4, 0.5) is 0 Å². The van der Waals surface area contributed by atoms with Gasteiger partial charge in [-0.05, 0) is 11.1 Å². The summed E-state index contributed by atoms with van der Waals surface area (Å²) in [4.78, 5) is 17.2. The van der Waals surface area contributed by atoms with Gasteiger partial charge in [-0.2, -0.15) is 0 Å².